The predicted octanol–water partition coefficient (Wildman–Crippen LogP) is 0.114. The van der Waals surface area contributed by atoms with Crippen LogP contribution in [0.2, 0.25) is 0 Å². The van der Waals surface area contributed by atoms with Crippen LogP contribution in [-0.4, -0.2) is 24.6 Å². The van der Waals surface area contributed by atoms with Gasteiger partial charge in [-0.1, -0.05) is 5.92 Å². The molecule has 0 aromatic rings. The molecule has 12 heavy (non-hydrogen) atoms. The molecule has 0 aromatic heterocycles. The first-order valence-electron chi connectivity index (χ1n) is 3.35. The number of carbonyl (C=O) groups excluding carboxylic acids is 2. The van der Waals surface area contributed by atoms with Crippen molar-refractivity contribution in [2.45, 2.75) is 20.0 Å². The van der Waals surface area contributed by atoms with Crippen LogP contribution in [0.1, 0.15) is 13.8 Å². The zero-order valence-electron chi connectivity index (χ0n) is 6.99. The summed E-state index contributed by atoms with van der Waals surface area (Å²) in [5.74, 6) is 0.960. The van der Waals surface area contributed by atoms with Crippen molar-refractivity contribution < 1.29 is 19.1 Å². The van der Waals surface area contributed by atoms with Gasteiger partial charge in [-0.25, -0.2) is 4.79 Å². The van der Waals surface area contributed by atoms with Gasteiger partial charge in [0.05, 0.1) is 0 Å². The fourth-order valence-electron chi connectivity index (χ4n) is 0.527. The van der Waals surface area contributed by atoms with E-state index < -0.39 is 18.0 Å². The molecule has 0 radical (unpaired) electrons. The van der Waals surface area contributed by atoms with E-state index in [-0.39, 0.29) is 6.61 Å². The van der Waals surface area contributed by atoms with Crippen LogP contribution < -0.4 is 0 Å². The molecule has 0 aliphatic carbocycles. The summed E-state index contributed by atoms with van der Waals surface area (Å²) in [5, 5.41) is 0. The van der Waals surface area contributed by atoms with E-state index in [0.717, 1.165) is 0 Å². The van der Waals surface area contributed by atoms with Gasteiger partial charge in [-0.3, -0.25) is 4.79 Å². The number of esters is 2. The smallest absolute Gasteiger partial charge is 0.348 e. The molecule has 0 aromatic carbocycles. The molecule has 66 valence electrons. The minimum atomic E-state index is -0.893. The first-order valence-corrected chi connectivity index (χ1v) is 3.35. The average Bonchev–Trinajstić information content (AvgIpc) is 1.98. The number of terminal acetylenes is 1. The molecule has 0 heterocycles. The molecule has 0 aliphatic heterocycles. The van der Waals surface area contributed by atoms with E-state index in [2.05, 4.69) is 15.4 Å². The molecule has 4 nitrogen and oxygen atoms in total. The minimum Gasteiger partial charge on any atom is -0.451 e. The van der Waals surface area contributed by atoms with E-state index in [1.807, 2.05) is 0 Å². The van der Waals surface area contributed by atoms with E-state index in [4.69, 9.17) is 6.42 Å². The molecule has 0 amide bonds. The second-order valence-electron chi connectivity index (χ2n) is 2.06. The van der Waals surface area contributed by atoms with Crippen molar-refractivity contribution in [3.63, 3.8) is 0 Å². The summed E-state index contributed by atoms with van der Waals surface area (Å²) in [6.07, 6.45) is 3.95. The van der Waals surface area contributed by atoms with Crippen LogP contribution >= 0.6 is 0 Å². The largest absolute Gasteiger partial charge is 0.451 e. The molecule has 0 bridgehead atoms. The van der Waals surface area contributed by atoms with Crippen LogP contribution in [-0.2, 0) is 19.1 Å². The molecule has 0 saturated carbocycles. The van der Waals surface area contributed by atoms with Crippen molar-refractivity contribution in [3.05, 3.63) is 0 Å². The Morgan fingerprint density at radius 2 is 2.17 bits per heavy atom. The third kappa shape index (κ3) is 4.34. The molecule has 0 fully saturated rings. The number of hydrogen-bond donors (Lipinski definition) is 0. The van der Waals surface area contributed by atoms with E-state index in [0.29, 0.717) is 0 Å². The van der Waals surface area contributed by atoms with Crippen molar-refractivity contribution in [2.75, 3.05) is 6.61 Å². The minimum absolute atomic E-state index is 0.107. The van der Waals surface area contributed by atoms with Crippen molar-refractivity contribution in [1.29, 1.82) is 0 Å². The van der Waals surface area contributed by atoms with E-state index in [9.17, 15) is 9.59 Å². The van der Waals surface area contributed by atoms with Gasteiger partial charge in [0.25, 0.3) is 0 Å². The Kier molecular flexibility index (Phi) is 4.54. The lowest BCUT2D eigenvalue weighted by Gasteiger charge is -2.09. The summed E-state index contributed by atoms with van der Waals surface area (Å²) in [4.78, 5) is 21.2. The van der Waals surface area contributed by atoms with Crippen LogP contribution in [0.3, 0.4) is 0 Å². The van der Waals surface area contributed by atoms with Crippen LogP contribution in [0.4, 0.5) is 0 Å². The summed E-state index contributed by atoms with van der Waals surface area (Å²) < 4.78 is 9.03. The van der Waals surface area contributed by atoms with E-state index in [1.54, 1.807) is 0 Å². The molecular formula is C8H10O4. The summed E-state index contributed by atoms with van der Waals surface area (Å²) >= 11 is 0. The molecule has 0 N–H and O–H groups in total. The highest BCUT2D eigenvalue weighted by atomic mass is 16.6. The van der Waals surface area contributed by atoms with E-state index in [1.165, 1.54) is 13.8 Å². The van der Waals surface area contributed by atoms with Gasteiger partial charge in [-0.05, 0) is 6.92 Å². The first kappa shape index (κ1) is 10.5. The fraction of sp³-hybridized carbons (Fsp3) is 0.500. The number of hydrogen-bond acceptors (Lipinski definition) is 4. The van der Waals surface area contributed by atoms with Crippen molar-refractivity contribution in [1.82, 2.24) is 0 Å². The van der Waals surface area contributed by atoms with Gasteiger partial charge in [-0.15, -0.1) is 6.42 Å². The fourth-order valence-corrected chi connectivity index (χ4v) is 0.527. The quantitative estimate of drug-likeness (QED) is 0.445. The zero-order valence-corrected chi connectivity index (χ0v) is 6.99. The van der Waals surface area contributed by atoms with Crippen molar-refractivity contribution >= 4 is 11.9 Å². The van der Waals surface area contributed by atoms with Crippen LogP contribution in [0.25, 0.3) is 0 Å². The maximum Gasteiger partial charge on any atom is 0.348 e. The molecule has 1 atom stereocenters. The lowest BCUT2D eigenvalue weighted by Crippen LogP contribution is -2.25. The highest BCUT2D eigenvalue weighted by Crippen LogP contribution is 1.94. The molecule has 0 spiro atoms. The molecule has 4 heteroatoms. The lowest BCUT2D eigenvalue weighted by atomic mass is 10.4. The predicted molar refractivity (Wildman–Crippen MR) is 41.0 cm³/mol. The van der Waals surface area contributed by atoms with Gasteiger partial charge in [0.2, 0.25) is 0 Å². The third-order valence-corrected chi connectivity index (χ3v) is 0.972. The summed E-state index contributed by atoms with van der Waals surface area (Å²) in [7, 11) is 0. The zero-order chi connectivity index (χ0) is 9.56. The van der Waals surface area contributed by atoms with Gasteiger partial charge in [0.1, 0.15) is 0 Å². The molecule has 0 saturated heterocycles. The second-order valence-corrected chi connectivity index (χ2v) is 2.06. The Morgan fingerprint density at radius 1 is 1.58 bits per heavy atom. The van der Waals surface area contributed by atoms with Gasteiger partial charge in [-0.2, -0.15) is 0 Å². The van der Waals surface area contributed by atoms with Crippen LogP contribution in [0, 0.1) is 12.3 Å². The molecule has 0 unspecified atom stereocenters. The molecular weight excluding hydrogens is 160 g/mol. The number of rotatable bonds is 3. The highest BCUT2D eigenvalue weighted by molar-refractivity contribution is 5.78. The SMILES string of the molecule is C#CCOC(=O)[C@@H](C)OC(C)=O. The Morgan fingerprint density at radius 3 is 2.58 bits per heavy atom. The molecule has 0 aliphatic rings. The Hall–Kier alpha value is -1.50. The van der Waals surface area contributed by atoms with Gasteiger partial charge >= 0.3 is 11.9 Å². The average molecular weight is 170 g/mol. The summed E-state index contributed by atoms with van der Waals surface area (Å²) in [6.45, 7) is 2.52. The van der Waals surface area contributed by atoms with Gasteiger partial charge in [0.15, 0.2) is 12.7 Å². The lowest BCUT2D eigenvalue weighted by molar-refractivity contribution is -0.164. The number of carbonyl (C=O) groups is 2. The summed E-state index contributed by atoms with van der Waals surface area (Å²) in [6, 6.07) is 0. The third-order valence-electron chi connectivity index (χ3n) is 0.972. The Bertz CT molecular complexity index is 214. The topological polar surface area (TPSA) is 52.6 Å². The van der Waals surface area contributed by atoms with Crippen molar-refractivity contribution in [2.24, 2.45) is 0 Å². The van der Waals surface area contributed by atoms with Crippen LogP contribution in [0.5, 0.6) is 0 Å². The highest BCUT2D eigenvalue weighted by Gasteiger charge is 2.16. The second kappa shape index (κ2) is 5.19. The maximum atomic E-state index is 10.8. The standard InChI is InChI=1S/C8H10O4/c1-4-5-11-8(10)6(2)12-7(3)9/h1,6H,5H2,2-3H3/t6-/m1/s1. The summed E-state index contributed by atoms with van der Waals surface area (Å²) in [5.41, 5.74) is 0. The normalized spacial score (nSPS) is 11.1. The maximum absolute atomic E-state index is 10.8. The monoisotopic (exact) mass is 170 g/mol. The van der Waals surface area contributed by atoms with Gasteiger partial charge < -0.3 is 9.47 Å². The Balaban J connectivity index is 3.78. The van der Waals surface area contributed by atoms with Gasteiger partial charge in [0, 0.05) is 6.92 Å². The molecule has 0 rings (SSSR count). The first-order chi connectivity index (χ1) is 5.57. The number of ether oxygens (including phenoxy) is 2. The van der Waals surface area contributed by atoms with Crippen molar-refractivity contribution in [3.8, 4) is 12.3 Å². The van der Waals surface area contributed by atoms with Crippen LogP contribution in [0.15, 0.2) is 0 Å². The van der Waals surface area contributed by atoms with E-state index >= 15 is 0 Å². The Labute approximate surface area is 70.8 Å².